The van der Waals surface area contributed by atoms with Crippen molar-refractivity contribution in [1.29, 1.82) is 0 Å². The van der Waals surface area contributed by atoms with Crippen molar-refractivity contribution in [3.05, 3.63) is 17.5 Å². The minimum Gasteiger partial charge on any atom is -0.480 e. The fourth-order valence-corrected chi connectivity index (χ4v) is 3.94. The molecule has 1 fully saturated rings. The first-order valence-corrected chi connectivity index (χ1v) is 8.73. The van der Waals surface area contributed by atoms with E-state index in [1.807, 2.05) is 6.92 Å². The Morgan fingerprint density at radius 1 is 1.41 bits per heavy atom. The minimum absolute atomic E-state index is 0.0715. The van der Waals surface area contributed by atoms with E-state index in [9.17, 15) is 18.3 Å². The molecule has 22 heavy (non-hydrogen) atoms. The lowest BCUT2D eigenvalue weighted by molar-refractivity contribution is -0.138. The summed E-state index contributed by atoms with van der Waals surface area (Å²) in [4.78, 5) is 11.4. The van der Waals surface area contributed by atoms with Gasteiger partial charge in [-0.2, -0.15) is 22.5 Å². The van der Waals surface area contributed by atoms with E-state index in [1.165, 1.54) is 4.31 Å². The van der Waals surface area contributed by atoms with Gasteiger partial charge in [0.05, 0.1) is 6.20 Å². The van der Waals surface area contributed by atoms with Crippen LogP contribution in [0.1, 0.15) is 30.5 Å². The molecule has 0 aromatic carbocycles. The average Bonchev–Trinajstić information content (AvgIpc) is 2.79. The van der Waals surface area contributed by atoms with Gasteiger partial charge in [0.25, 0.3) is 10.2 Å². The van der Waals surface area contributed by atoms with Crippen LogP contribution in [-0.4, -0.2) is 52.7 Å². The summed E-state index contributed by atoms with van der Waals surface area (Å²) < 4.78 is 29.9. The van der Waals surface area contributed by atoms with Gasteiger partial charge in [-0.25, -0.2) is 0 Å². The summed E-state index contributed by atoms with van der Waals surface area (Å²) in [5, 5.41) is 13.4. The van der Waals surface area contributed by atoms with Gasteiger partial charge in [-0.3, -0.25) is 9.48 Å². The van der Waals surface area contributed by atoms with E-state index in [2.05, 4.69) is 9.82 Å². The Kier molecular flexibility index (Phi) is 5.20. The maximum absolute atomic E-state index is 12.3. The molecule has 1 saturated heterocycles. The standard InChI is InChI=1S/C13H22N4O4S/c1-10-11(9-14-16(10)2)8-12(13(18)19)15-22(20,21)17-6-4-3-5-7-17/h9,12,15H,3-8H2,1-2H3,(H,18,19). The zero-order valence-electron chi connectivity index (χ0n) is 12.8. The molecule has 0 aliphatic carbocycles. The maximum Gasteiger partial charge on any atom is 0.322 e. The third-order valence-electron chi connectivity index (χ3n) is 4.01. The number of carboxylic acids is 1. The number of hydrogen-bond acceptors (Lipinski definition) is 4. The molecule has 0 bridgehead atoms. The molecular formula is C13H22N4O4S. The van der Waals surface area contributed by atoms with Crippen molar-refractivity contribution >= 4 is 16.2 Å². The number of rotatable bonds is 6. The summed E-state index contributed by atoms with van der Waals surface area (Å²) in [6.45, 7) is 2.70. The van der Waals surface area contributed by atoms with Crippen LogP contribution in [0.4, 0.5) is 0 Å². The van der Waals surface area contributed by atoms with Gasteiger partial charge in [-0.15, -0.1) is 0 Å². The molecule has 124 valence electrons. The van der Waals surface area contributed by atoms with Gasteiger partial charge in [0.15, 0.2) is 0 Å². The molecule has 0 radical (unpaired) electrons. The van der Waals surface area contributed by atoms with Gasteiger partial charge in [0.1, 0.15) is 6.04 Å². The molecule has 0 spiro atoms. The predicted molar refractivity (Wildman–Crippen MR) is 80.6 cm³/mol. The average molecular weight is 330 g/mol. The van der Waals surface area contributed by atoms with Crippen LogP contribution in [0.3, 0.4) is 0 Å². The van der Waals surface area contributed by atoms with Crippen molar-refractivity contribution < 1.29 is 18.3 Å². The fourth-order valence-electron chi connectivity index (χ4n) is 2.50. The van der Waals surface area contributed by atoms with Crippen molar-refractivity contribution in [3.8, 4) is 0 Å². The Bertz CT molecular complexity index is 634. The molecular weight excluding hydrogens is 308 g/mol. The maximum atomic E-state index is 12.3. The van der Waals surface area contributed by atoms with Crippen LogP contribution in [-0.2, 0) is 28.5 Å². The predicted octanol–water partition coefficient (Wildman–Crippen LogP) is 0.0445. The molecule has 1 aliphatic heterocycles. The third kappa shape index (κ3) is 3.84. The summed E-state index contributed by atoms with van der Waals surface area (Å²) in [5.74, 6) is -1.19. The van der Waals surface area contributed by atoms with Crippen molar-refractivity contribution in [3.63, 3.8) is 0 Å². The Morgan fingerprint density at radius 2 is 2.05 bits per heavy atom. The normalized spacial score (nSPS) is 18.3. The number of nitrogens with one attached hydrogen (secondary N) is 1. The monoisotopic (exact) mass is 330 g/mol. The highest BCUT2D eigenvalue weighted by Crippen LogP contribution is 2.14. The van der Waals surface area contributed by atoms with E-state index in [0.717, 1.165) is 30.5 Å². The lowest BCUT2D eigenvalue weighted by Gasteiger charge is -2.27. The SMILES string of the molecule is Cc1c(CC(NS(=O)(=O)N2CCCCC2)C(=O)O)cnn1C. The third-order valence-corrected chi connectivity index (χ3v) is 5.63. The first kappa shape index (κ1) is 16.9. The summed E-state index contributed by atoms with van der Waals surface area (Å²) >= 11 is 0. The van der Waals surface area contributed by atoms with Gasteiger partial charge < -0.3 is 5.11 Å². The van der Waals surface area contributed by atoms with Crippen LogP contribution in [0.5, 0.6) is 0 Å². The summed E-state index contributed by atoms with van der Waals surface area (Å²) in [7, 11) is -2.02. The Labute approximate surface area is 130 Å². The molecule has 0 amide bonds. The summed E-state index contributed by atoms with van der Waals surface area (Å²) in [5.41, 5.74) is 1.54. The van der Waals surface area contributed by atoms with E-state index in [4.69, 9.17) is 0 Å². The van der Waals surface area contributed by atoms with E-state index < -0.39 is 22.2 Å². The van der Waals surface area contributed by atoms with Crippen LogP contribution in [0.25, 0.3) is 0 Å². The molecule has 1 unspecified atom stereocenters. The van der Waals surface area contributed by atoms with Gasteiger partial charge in [0.2, 0.25) is 0 Å². The number of hydrogen-bond donors (Lipinski definition) is 2. The van der Waals surface area contributed by atoms with E-state index in [-0.39, 0.29) is 6.42 Å². The Hall–Kier alpha value is -1.45. The van der Waals surface area contributed by atoms with Crippen molar-refractivity contribution in [2.24, 2.45) is 7.05 Å². The molecule has 2 rings (SSSR count). The van der Waals surface area contributed by atoms with Crippen LogP contribution in [0.2, 0.25) is 0 Å². The zero-order chi connectivity index (χ0) is 16.3. The second kappa shape index (κ2) is 6.76. The molecule has 8 nitrogen and oxygen atoms in total. The topological polar surface area (TPSA) is 105 Å². The molecule has 1 aliphatic rings. The summed E-state index contributed by atoms with van der Waals surface area (Å²) in [6, 6.07) is -1.20. The Morgan fingerprint density at radius 3 is 2.55 bits per heavy atom. The fraction of sp³-hybridized carbons (Fsp3) is 0.692. The number of carbonyl (C=O) groups is 1. The smallest absolute Gasteiger partial charge is 0.322 e. The highest BCUT2D eigenvalue weighted by Gasteiger charge is 2.30. The molecule has 1 aromatic rings. The lowest BCUT2D eigenvalue weighted by atomic mass is 10.1. The van der Waals surface area contributed by atoms with Gasteiger partial charge in [-0.1, -0.05) is 6.42 Å². The molecule has 2 heterocycles. The molecule has 0 saturated carbocycles. The number of nitrogens with zero attached hydrogens (tertiary/aromatic N) is 3. The second-order valence-electron chi connectivity index (χ2n) is 5.56. The number of carboxylic acid groups (broad SMARTS) is 1. The number of aryl methyl sites for hydroxylation is 1. The zero-order valence-corrected chi connectivity index (χ0v) is 13.6. The highest BCUT2D eigenvalue weighted by molar-refractivity contribution is 7.87. The van der Waals surface area contributed by atoms with Crippen molar-refractivity contribution in [2.45, 2.75) is 38.6 Å². The van der Waals surface area contributed by atoms with Gasteiger partial charge >= 0.3 is 5.97 Å². The lowest BCUT2D eigenvalue weighted by Crippen LogP contribution is -2.50. The summed E-state index contributed by atoms with van der Waals surface area (Å²) in [6.07, 6.45) is 4.26. The number of aliphatic carboxylic acids is 1. The minimum atomic E-state index is -3.78. The van der Waals surface area contributed by atoms with E-state index in [0.29, 0.717) is 13.1 Å². The second-order valence-corrected chi connectivity index (χ2v) is 7.26. The quantitative estimate of drug-likeness (QED) is 0.766. The van der Waals surface area contributed by atoms with Crippen LogP contribution in [0, 0.1) is 6.92 Å². The largest absolute Gasteiger partial charge is 0.480 e. The highest BCUT2D eigenvalue weighted by atomic mass is 32.2. The van der Waals surface area contributed by atoms with Crippen molar-refractivity contribution in [1.82, 2.24) is 18.8 Å². The van der Waals surface area contributed by atoms with Gasteiger partial charge in [-0.05, 0) is 25.3 Å². The molecule has 1 atom stereocenters. The van der Waals surface area contributed by atoms with E-state index >= 15 is 0 Å². The first-order chi connectivity index (χ1) is 10.3. The van der Waals surface area contributed by atoms with Crippen LogP contribution < -0.4 is 4.72 Å². The number of piperidine rings is 1. The molecule has 1 aromatic heterocycles. The molecule has 2 N–H and O–H groups in total. The first-order valence-electron chi connectivity index (χ1n) is 7.29. The molecule has 9 heteroatoms. The van der Waals surface area contributed by atoms with Crippen molar-refractivity contribution in [2.75, 3.05) is 13.1 Å². The van der Waals surface area contributed by atoms with Crippen LogP contribution >= 0.6 is 0 Å². The number of aromatic nitrogens is 2. The van der Waals surface area contributed by atoms with E-state index in [1.54, 1.807) is 17.9 Å². The van der Waals surface area contributed by atoms with Crippen LogP contribution in [0.15, 0.2) is 6.20 Å². The van der Waals surface area contributed by atoms with Gasteiger partial charge in [0, 0.05) is 32.3 Å². The Balaban J connectivity index is 2.11.